The smallest absolute Gasteiger partial charge is 0.293 e. The molecule has 20 heavy (non-hydrogen) atoms. The third-order valence-electron chi connectivity index (χ3n) is 3.06. The minimum Gasteiger partial charge on any atom is -0.395 e. The van der Waals surface area contributed by atoms with Crippen LogP contribution in [0.5, 0.6) is 0 Å². The van der Waals surface area contributed by atoms with Gasteiger partial charge in [-0.1, -0.05) is 0 Å². The van der Waals surface area contributed by atoms with Gasteiger partial charge in [0.2, 0.25) is 10.0 Å². The molecule has 112 valence electrons. The van der Waals surface area contributed by atoms with Crippen molar-refractivity contribution in [3.63, 3.8) is 0 Å². The van der Waals surface area contributed by atoms with Crippen molar-refractivity contribution in [2.75, 3.05) is 19.4 Å². The highest BCUT2D eigenvalue weighted by Gasteiger charge is 2.29. The maximum Gasteiger partial charge on any atom is 0.293 e. The maximum atomic E-state index is 12.4. The number of nitrogens with two attached hydrogens (primary N) is 1. The Kier molecular flexibility index (Phi) is 4.69. The van der Waals surface area contributed by atoms with Crippen LogP contribution in [0.1, 0.15) is 12.5 Å². The zero-order valence-corrected chi connectivity index (χ0v) is 12.2. The molecule has 1 unspecified atom stereocenters. The lowest BCUT2D eigenvalue weighted by Crippen LogP contribution is -2.37. The van der Waals surface area contributed by atoms with Gasteiger partial charge in [0.05, 0.1) is 16.4 Å². The van der Waals surface area contributed by atoms with Crippen LogP contribution in [-0.4, -0.2) is 42.4 Å². The van der Waals surface area contributed by atoms with Gasteiger partial charge in [0.25, 0.3) is 5.69 Å². The molecule has 1 aromatic carbocycles. The van der Waals surface area contributed by atoms with Gasteiger partial charge in [0, 0.05) is 19.2 Å². The fraction of sp³-hybridized carbons (Fsp3) is 0.455. The molecule has 3 N–H and O–H groups in total. The van der Waals surface area contributed by atoms with Crippen LogP contribution in [0.3, 0.4) is 0 Å². The number of nitro groups is 1. The molecule has 0 aromatic heterocycles. The van der Waals surface area contributed by atoms with E-state index >= 15 is 0 Å². The highest BCUT2D eigenvalue weighted by atomic mass is 32.2. The van der Waals surface area contributed by atoms with Crippen molar-refractivity contribution in [1.82, 2.24) is 4.31 Å². The summed E-state index contributed by atoms with van der Waals surface area (Å²) in [6, 6.07) is 1.55. The first-order valence-corrected chi connectivity index (χ1v) is 7.20. The van der Waals surface area contributed by atoms with Crippen molar-refractivity contribution in [1.29, 1.82) is 0 Å². The molecule has 0 aliphatic carbocycles. The average molecular weight is 303 g/mol. The Morgan fingerprint density at radius 3 is 2.50 bits per heavy atom. The normalized spacial score (nSPS) is 13.4. The van der Waals surface area contributed by atoms with Gasteiger partial charge in [-0.25, -0.2) is 8.42 Å². The lowest BCUT2D eigenvalue weighted by Gasteiger charge is -2.23. The van der Waals surface area contributed by atoms with E-state index in [2.05, 4.69) is 0 Å². The molecule has 0 aliphatic heterocycles. The van der Waals surface area contributed by atoms with Gasteiger partial charge in [0.1, 0.15) is 5.69 Å². The molecule has 0 amide bonds. The fourth-order valence-corrected chi connectivity index (χ4v) is 3.22. The molecule has 0 heterocycles. The monoisotopic (exact) mass is 303 g/mol. The molecule has 1 aromatic rings. The van der Waals surface area contributed by atoms with E-state index in [1.165, 1.54) is 27.0 Å². The van der Waals surface area contributed by atoms with Crippen LogP contribution in [0, 0.1) is 17.0 Å². The van der Waals surface area contributed by atoms with Gasteiger partial charge in [-0.15, -0.1) is 0 Å². The van der Waals surface area contributed by atoms with Crippen LogP contribution in [0.2, 0.25) is 0 Å². The van der Waals surface area contributed by atoms with Crippen molar-refractivity contribution in [2.45, 2.75) is 24.8 Å². The first-order chi connectivity index (χ1) is 9.12. The standard InChI is InChI=1S/C11H17N3O5S/c1-7-4-9(12)10(14(16)17)5-11(7)20(18,19)13(3)8(2)6-15/h4-5,8,15H,6,12H2,1-3H3. The number of aliphatic hydroxyl groups excluding tert-OH is 1. The highest BCUT2D eigenvalue weighted by molar-refractivity contribution is 7.89. The number of benzene rings is 1. The fourth-order valence-electron chi connectivity index (χ4n) is 1.64. The second-order valence-electron chi connectivity index (χ2n) is 4.49. The number of sulfonamides is 1. The van der Waals surface area contributed by atoms with Gasteiger partial charge >= 0.3 is 0 Å². The Bertz CT molecular complexity index is 629. The number of aliphatic hydroxyl groups is 1. The van der Waals surface area contributed by atoms with E-state index in [4.69, 9.17) is 10.8 Å². The highest BCUT2D eigenvalue weighted by Crippen LogP contribution is 2.30. The minimum atomic E-state index is -3.94. The Balaban J connectivity index is 3.46. The third kappa shape index (κ3) is 2.89. The molecular weight excluding hydrogens is 286 g/mol. The second kappa shape index (κ2) is 5.73. The van der Waals surface area contributed by atoms with Crippen molar-refractivity contribution in [3.05, 3.63) is 27.8 Å². The summed E-state index contributed by atoms with van der Waals surface area (Å²) in [6.07, 6.45) is 0. The number of likely N-dealkylation sites (N-methyl/N-ethyl adjacent to an activating group) is 1. The molecule has 0 fully saturated rings. The van der Waals surface area contributed by atoms with Crippen LogP contribution < -0.4 is 5.73 Å². The number of nitrogens with zero attached hydrogens (tertiary/aromatic N) is 2. The first kappa shape index (κ1) is 16.3. The first-order valence-electron chi connectivity index (χ1n) is 5.76. The molecule has 1 rings (SSSR count). The largest absolute Gasteiger partial charge is 0.395 e. The third-order valence-corrected chi connectivity index (χ3v) is 5.18. The predicted octanol–water partition coefficient (Wildman–Crippen LogP) is 0.487. The van der Waals surface area contributed by atoms with Gasteiger partial charge in [-0.3, -0.25) is 10.1 Å². The van der Waals surface area contributed by atoms with Crippen LogP contribution in [0.4, 0.5) is 11.4 Å². The summed E-state index contributed by atoms with van der Waals surface area (Å²) in [7, 11) is -2.64. The number of rotatable bonds is 5. The zero-order valence-electron chi connectivity index (χ0n) is 11.4. The van der Waals surface area contributed by atoms with Crippen LogP contribution in [-0.2, 0) is 10.0 Å². The van der Waals surface area contributed by atoms with E-state index in [1.807, 2.05) is 0 Å². The summed E-state index contributed by atoms with van der Waals surface area (Å²) in [4.78, 5) is 9.92. The summed E-state index contributed by atoms with van der Waals surface area (Å²) < 4.78 is 25.7. The molecule has 9 heteroatoms. The number of hydrogen-bond acceptors (Lipinski definition) is 6. The topological polar surface area (TPSA) is 127 Å². The van der Waals surface area contributed by atoms with Crippen molar-refractivity contribution >= 4 is 21.4 Å². The van der Waals surface area contributed by atoms with Gasteiger partial charge in [-0.05, 0) is 25.5 Å². The lowest BCUT2D eigenvalue weighted by molar-refractivity contribution is -0.384. The van der Waals surface area contributed by atoms with E-state index in [0.717, 1.165) is 10.4 Å². The maximum absolute atomic E-state index is 12.4. The molecule has 0 bridgehead atoms. The number of anilines is 1. The summed E-state index contributed by atoms with van der Waals surface area (Å²) >= 11 is 0. The van der Waals surface area contributed by atoms with E-state index < -0.39 is 26.7 Å². The number of aryl methyl sites for hydroxylation is 1. The molecule has 1 atom stereocenters. The summed E-state index contributed by atoms with van der Waals surface area (Å²) in [5.74, 6) is 0. The zero-order chi connectivity index (χ0) is 15.7. The Morgan fingerprint density at radius 1 is 1.50 bits per heavy atom. The Labute approximate surface area is 117 Å². The van der Waals surface area contributed by atoms with Gasteiger partial charge < -0.3 is 10.8 Å². The summed E-state index contributed by atoms with van der Waals surface area (Å²) in [5, 5.41) is 19.9. The van der Waals surface area contributed by atoms with E-state index in [0.29, 0.717) is 5.56 Å². The number of nitrogen functional groups attached to an aromatic ring is 1. The number of hydrogen-bond donors (Lipinski definition) is 2. The molecule has 0 saturated heterocycles. The van der Waals surface area contributed by atoms with E-state index in [-0.39, 0.29) is 17.2 Å². The van der Waals surface area contributed by atoms with E-state index in [1.54, 1.807) is 0 Å². The van der Waals surface area contributed by atoms with Crippen LogP contribution in [0.25, 0.3) is 0 Å². The quantitative estimate of drug-likeness (QED) is 0.463. The Hall–Kier alpha value is -1.71. The Morgan fingerprint density at radius 2 is 2.05 bits per heavy atom. The lowest BCUT2D eigenvalue weighted by atomic mass is 10.2. The summed E-state index contributed by atoms with van der Waals surface area (Å²) in [6.45, 7) is 2.68. The van der Waals surface area contributed by atoms with Gasteiger partial charge in [-0.2, -0.15) is 4.31 Å². The number of nitro benzene ring substituents is 1. The van der Waals surface area contributed by atoms with Crippen molar-refractivity contribution in [2.24, 2.45) is 0 Å². The van der Waals surface area contributed by atoms with E-state index in [9.17, 15) is 18.5 Å². The SMILES string of the molecule is Cc1cc(N)c([N+](=O)[O-])cc1S(=O)(=O)N(C)C(C)CO. The van der Waals surface area contributed by atoms with Crippen molar-refractivity contribution in [3.8, 4) is 0 Å². The molecule has 0 saturated carbocycles. The minimum absolute atomic E-state index is 0.0932. The molecular formula is C11H17N3O5S. The summed E-state index contributed by atoms with van der Waals surface area (Å²) in [5.41, 5.74) is 5.26. The predicted molar refractivity (Wildman–Crippen MR) is 73.7 cm³/mol. The molecule has 0 aliphatic rings. The molecule has 8 nitrogen and oxygen atoms in total. The van der Waals surface area contributed by atoms with Crippen molar-refractivity contribution < 1.29 is 18.4 Å². The molecule has 0 radical (unpaired) electrons. The van der Waals surface area contributed by atoms with Crippen LogP contribution in [0.15, 0.2) is 17.0 Å². The van der Waals surface area contributed by atoms with Crippen LogP contribution >= 0.6 is 0 Å². The molecule has 0 spiro atoms. The van der Waals surface area contributed by atoms with Gasteiger partial charge in [0.15, 0.2) is 0 Å². The second-order valence-corrected chi connectivity index (χ2v) is 6.45. The average Bonchev–Trinajstić information content (AvgIpc) is 2.35.